The summed E-state index contributed by atoms with van der Waals surface area (Å²) in [6.45, 7) is 0. The van der Waals surface area contributed by atoms with E-state index in [-0.39, 0.29) is 10.2 Å². The molecule has 1 fully saturated rings. The number of amides is 2. The molecule has 8 heteroatoms. The quantitative estimate of drug-likeness (QED) is 0.658. The molecule has 6 nitrogen and oxygen atoms in total. The lowest BCUT2D eigenvalue weighted by Crippen LogP contribution is -2.44. The van der Waals surface area contributed by atoms with Gasteiger partial charge in [-0.2, -0.15) is 5.01 Å². The summed E-state index contributed by atoms with van der Waals surface area (Å²) in [7, 11) is 1.47. The Bertz CT molecular complexity index is 868. The minimum Gasteiger partial charge on any atom is -0.496 e. The Labute approximate surface area is 153 Å². The maximum atomic E-state index is 12.5. The van der Waals surface area contributed by atoms with Gasteiger partial charge in [0.05, 0.1) is 17.6 Å². The standard InChI is InChI=1S/C17H13N3O3S2/c1-23-13-7-3-2-6-12(13)15(21)19-20-16(22)14(25-17(20)24)9-11-5-4-8-18-10-11/h2-10H,1H3,(H,19,21). The number of hydrazine groups is 1. The molecule has 1 aliphatic rings. The van der Waals surface area contributed by atoms with Gasteiger partial charge < -0.3 is 4.74 Å². The third-order valence-corrected chi connectivity index (χ3v) is 4.64. The summed E-state index contributed by atoms with van der Waals surface area (Å²) >= 11 is 6.32. The van der Waals surface area contributed by atoms with E-state index in [4.69, 9.17) is 17.0 Å². The lowest BCUT2D eigenvalue weighted by molar-refractivity contribution is -0.123. The Morgan fingerprint density at radius 3 is 2.84 bits per heavy atom. The molecule has 1 aromatic heterocycles. The van der Waals surface area contributed by atoms with Crippen LogP contribution in [0.2, 0.25) is 0 Å². The van der Waals surface area contributed by atoms with Gasteiger partial charge in [-0.3, -0.25) is 20.0 Å². The molecular formula is C17H13N3O3S2. The Morgan fingerprint density at radius 1 is 1.32 bits per heavy atom. The van der Waals surface area contributed by atoms with Crippen molar-refractivity contribution < 1.29 is 14.3 Å². The van der Waals surface area contributed by atoms with Crippen LogP contribution in [0.1, 0.15) is 15.9 Å². The molecule has 126 valence electrons. The summed E-state index contributed by atoms with van der Waals surface area (Å²) in [5.74, 6) is -0.449. The number of para-hydroxylation sites is 1. The van der Waals surface area contributed by atoms with Crippen LogP contribution in [-0.2, 0) is 4.79 Å². The number of nitrogens with zero attached hydrogens (tertiary/aromatic N) is 2. The fraction of sp³-hybridized carbons (Fsp3) is 0.0588. The third kappa shape index (κ3) is 3.70. The SMILES string of the molecule is COc1ccccc1C(=O)NN1C(=O)C(=Cc2cccnc2)SC1=S. The highest BCUT2D eigenvalue weighted by Gasteiger charge is 2.34. The Balaban J connectivity index is 1.79. The maximum absolute atomic E-state index is 12.5. The number of benzene rings is 1. The minimum atomic E-state index is -0.476. The summed E-state index contributed by atoms with van der Waals surface area (Å²) in [6.07, 6.45) is 4.97. The molecule has 3 rings (SSSR count). The topological polar surface area (TPSA) is 71.5 Å². The highest BCUT2D eigenvalue weighted by molar-refractivity contribution is 8.26. The van der Waals surface area contributed by atoms with E-state index < -0.39 is 5.91 Å². The molecule has 2 amide bonds. The fourth-order valence-electron chi connectivity index (χ4n) is 2.17. The molecule has 0 aliphatic carbocycles. The van der Waals surface area contributed by atoms with Gasteiger partial charge in [0.2, 0.25) is 0 Å². The van der Waals surface area contributed by atoms with Crippen LogP contribution in [0.4, 0.5) is 0 Å². The zero-order valence-electron chi connectivity index (χ0n) is 13.1. The van der Waals surface area contributed by atoms with Crippen LogP contribution >= 0.6 is 24.0 Å². The number of hydrogen-bond acceptors (Lipinski definition) is 6. The molecule has 2 aromatic rings. The van der Waals surface area contributed by atoms with Crippen LogP contribution in [0.25, 0.3) is 6.08 Å². The number of carbonyl (C=O) groups is 2. The monoisotopic (exact) mass is 371 g/mol. The van der Waals surface area contributed by atoms with E-state index in [0.717, 1.165) is 22.3 Å². The van der Waals surface area contributed by atoms with Gasteiger partial charge >= 0.3 is 0 Å². The van der Waals surface area contributed by atoms with Crippen LogP contribution < -0.4 is 10.2 Å². The number of methoxy groups -OCH3 is 1. The summed E-state index contributed by atoms with van der Waals surface area (Å²) in [6, 6.07) is 10.3. The van der Waals surface area contributed by atoms with Crippen molar-refractivity contribution in [1.29, 1.82) is 0 Å². The second-order valence-corrected chi connectivity index (χ2v) is 6.62. The van der Waals surface area contributed by atoms with E-state index in [2.05, 4.69) is 10.4 Å². The van der Waals surface area contributed by atoms with Crippen LogP contribution in [0.15, 0.2) is 53.7 Å². The van der Waals surface area contributed by atoms with E-state index in [9.17, 15) is 9.59 Å². The predicted octanol–water partition coefficient (Wildman–Crippen LogP) is 2.64. The van der Waals surface area contributed by atoms with Gasteiger partial charge in [0.15, 0.2) is 4.32 Å². The molecule has 0 radical (unpaired) electrons. The number of hydrogen-bond donors (Lipinski definition) is 1. The number of rotatable bonds is 4. The zero-order valence-corrected chi connectivity index (χ0v) is 14.8. The first-order valence-electron chi connectivity index (χ1n) is 7.22. The van der Waals surface area contributed by atoms with Gasteiger partial charge in [0.1, 0.15) is 5.75 Å². The smallest absolute Gasteiger partial charge is 0.285 e. The van der Waals surface area contributed by atoms with Crippen LogP contribution in [0.3, 0.4) is 0 Å². The Kier molecular flexibility index (Phi) is 5.11. The number of nitrogens with one attached hydrogen (secondary N) is 1. The molecule has 1 aliphatic heterocycles. The lowest BCUT2D eigenvalue weighted by Gasteiger charge is -2.16. The van der Waals surface area contributed by atoms with Crippen molar-refractivity contribution in [2.24, 2.45) is 0 Å². The third-order valence-electron chi connectivity index (χ3n) is 3.34. The van der Waals surface area contributed by atoms with Gasteiger partial charge in [-0.1, -0.05) is 30.0 Å². The molecular weight excluding hydrogens is 358 g/mol. The second kappa shape index (κ2) is 7.45. The molecule has 0 unspecified atom stereocenters. The van der Waals surface area contributed by atoms with Crippen molar-refractivity contribution in [3.05, 3.63) is 64.8 Å². The molecule has 1 saturated heterocycles. The van der Waals surface area contributed by atoms with E-state index in [1.165, 1.54) is 7.11 Å². The van der Waals surface area contributed by atoms with Crippen molar-refractivity contribution in [1.82, 2.24) is 15.4 Å². The van der Waals surface area contributed by atoms with Crippen molar-refractivity contribution in [2.75, 3.05) is 7.11 Å². The Morgan fingerprint density at radius 2 is 2.12 bits per heavy atom. The predicted molar refractivity (Wildman–Crippen MR) is 99.7 cm³/mol. The number of thioether (sulfide) groups is 1. The van der Waals surface area contributed by atoms with Gasteiger partial charge in [0, 0.05) is 12.4 Å². The van der Waals surface area contributed by atoms with Crippen molar-refractivity contribution in [3.63, 3.8) is 0 Å². The summed E-state index contributed by atoms with van der Waals surface area (Å²) < 4.78 is 5.42. The second-order valence-electron chi connectivity index (χ2n) is 4.94. The average molecular weight is 371 g/mol. The van der Waals surface area contributed by atoms with Crippen LogP contribution in [0.5, 0.6) is 5.75 Å². The first kappa shape index (κ1) is 17.1. The van der Waals surface area contributed by atoms with Crippen LogP contribution in [-0.4, -0.2) is 33.2 Å². The minimum absolute atomic E-state index is 0.253. The molecule has 0 spiro atoms. The fourth-order valence-corrected chi connectivity index (χ4v) is 3.35. The largest absolute Gasteiger partial charge is 0.496 e. The van der Waals surface area contributed by atoms with E-state index >= 15 is 0 Å². The van der Waals surface area contributed by atoms with Gasteiger partial charge in [0.25, 0.3) is 11.8 Å². The summed E-state index contributed by atoms with van der Waals surface area (Å²) in [5.41, 5.74) is 3.62. The normalized spacial score (nSPS) is 15.6. The number of thiocarbonyl (C=S) groups is 1. The molecule has 0 atom stereocenters. The van der Waals surface area contributed by atoms with Gasteiger partial charge in [-0.25, -0.2) is 0 Å². The van der Waals surface area contributed by atoms with Gasteiger partial charge in [-0.05, 0) is 42.1 Å². The van der Waals surface area contributed by atoms with Crippen molar-refractivity contribution in [2.45, 2.75) is 0 Å². The molecule has 0 saturated carbocycles. The van der Waals surface area contributed by atoms with Crippen LogP contribution in [0, 0.1) is 0 Å². The average Bonchev–Trinajstić information content (AvgIpc) is 2.90. The van der Waals surface area contributed by atoms with E-state index in [0.29, 0.717) is 16.2 Å². The number of aromatic nitrogens is 1. The summed E-state index contributed by atoms with van der Waals surface area (Å²) in [4.78, 5) is 29.4. The first-order valence-corrected chi connectivity index (χ1v) is 8.44. The molecule has 1 aromatic carbocycles. The lowest BCUT2D eigenvalue weighted by atomic mass is 10.2. The number of ether oxygens (including phenoxy) is 1. The molecule has 25 heavy (non-hydrogen) atoms. The molecule has 0 bridgehead atoms. The first-order chi connectivity index (χ1) is 12.1. The molecule has 2 heterocycles. The van der Waals surface area contributed by atoms with E-state index in [1.54, 1.807) is 48.8 Å². The highest BCUT2D eigenvalue weighted by Crippen LogP contribution is 2.31. The zero-order chi connectivity index (χ0) is 17.8. The maximum Gasteiger partial charge on any atom is 0.285 e. The Hall–Kier alpha value is -2.71. The summed E-state index contributed by atoms with van der Waals surface area (Å²) in [5, 5.41) is 1.07. The number of pyridine rings is 1. The highest BCUT2D eigenvalue weighted by atomic mass is 32.2. The van der Waals surface area contributed by atoms with Crippen molar-refractivity contribution in [3.8, 4) is 5.75 Å². The number of carbonyl (C=O) groups excluding carboxylic acids is 2. The van der Waals surface area contributed by atoms with Gasteiger partial charge in [-0.15, -0.1) is 0 Å². The van der Waals surface area contributed by atoms with Crippen molar-refractivity contribution >= 4 is 46.2 Å². The molecule has 1 N–H and O–H groups in total. The van der Waals surface area contributed by atoms with E-state index in [1.807, 2.05) is 6.07 Å².